The van der Waals surface area contributed by atoms with E-state index in [1.165, 1.54) is 6.20 Å². The summed E-state index contributed by atoms with van der Waals surface area (Å²) in [5.74, 6) is -0.0936. The van der Waals surface area contributed by atoms with Crippen molar-refractivity contribution in [1.82, 2.24) is 24.9 Å². The van der Waals surface area contributed by atoms with Gasteiger partial charge in [-0.3, -0.25) is 14.2 Å². The van der Waals surface area contributed by atoms with Crippen molar-refractivity contribution in [3.63, 3.8) is 0 Å². The molecule has 2 heterocycles. The fraction of sp³-hybridized carbons (Fsp3) is 0.462. The normalized spacial score (nSPS) is 11.6. The van der Waals surface area contributed by atoms with E-state index in [1.807, 2.05) is 10.9 Å². The first-order valence-corrected chi connectivity index (χ1v) is 7.73. The number of halogens is 2. The molecule has 2 rings (SSSR count). The van der Waals surface area contributed by atoms with Crippen molar-refractivity contribution in [3.8, 4) is 0 Å². The van der Waals surface area contributed by atoms with Gasteiger partial charge in [-0.2, -0.15) is 10.2 Å². The highest BCUT2D eigenvalue weighted by molar-refractivity contribution is 9.10. The Morgan fingerprint density at radius 1 is 1.38 bits per heavy atom. The second kappa shape index (κ2) is 6.62. The molecule has 0 bridgehead atoms. The minimum atomic E-state index is -0.776. The monoisotopic (exact) mass is 373 g/mol. The van der Waals surface area contributed by atoms with E-state index in [4.69, 9.17) is 11.6 Å². The largest absolute Gasteiger partial charge is 0.354 e. The molecule has 1 N–H and O–H groups in total. The van der Waals surface area contributed by atoms with Gasteiger partial charge in [0.25, 0.3) is 0 Å². The first-order chi connectivity index (χ1) is 9.89. The molecule has 0 aliphatic carbocycles. The summed E-state index contributed by atoms with van der Waals surface area (Å²) in [6.07, 6.45) is 7.60. The van der Waals surface area contributed by atoms with Crippen LogP contribution in [0, 0.1) is 0 Å². The third kappa shape index (κ3) is 4.07. The van der Waals surface area contributed by atoms with Gasteiger partial charge in [-0.05, 0) is 36.2 Å². The fourth-order valence-electron chi connectivity index (χ4n) is 1.83. The number of aromatic nitrogens is 4. The molecule has 0 aromatic carbocycles. The summed E-state index contributed by atoms with van der Waals surface area (Å²) >= 11 is 9.18. The fourth-order valence-corrected chi connectivity index (χ4v) is 2.29. The number of hydrogen-bond acceptors (Lipinski definition) is 3. The lowest BCUT2D eigenvalue weighted by atomic mass is 10.1. The molecule has 114 valence electrons. The summed E-state index contributed by atoms with van der Waals surface area (Å²) < 4.78 is 4.34. The Labute approximate surface area is 136 Å². The van der Waals surface area contributed by atoms with Crippen molar-refractivity contribution >= 4 is 33.4 Å². The van der Waals surface area contributed by atoms with Crippen LogP contribution in [0.25, 0.3) is 0 Å². The highest BCUT2D eigenvalue weighted by Gasteiger charge is 2.30. The minimum absolute atomic E-state index is 0.0936. The van der Waals surface area contributed by atoms with Crippen molar-refractivity contribution in [2.45, 2.75) is 32.4 Å². The SMILES string of the molecule is CC(C)(C(=O)NCCCn1cc(Br)cn1)n1cc(Cl)cn1. The van der Waals surface area contributed by atoms with Crippen LogP contribution >= 0.6 is 27.5 Å². The highest BCUT2D eigenvalue weighted by atomic mass is 79.9. The van der Waals surface area contributed by atoms with Crippen molar-refractivity contribution < 1.29 is 4.79 Å². The van der Waals surface area contributed by atoms with E-state index in [2.05, 4.69) is 31.4 Å². The molecule has 8 heteroatoms. The van der Waals surface area contributed by atoms with Crippen molar-refractivity contribution in [3.05, 3.63) is 34.3 Å². The summed E-state index contributed by atoms with van der Waals surface area (Å²) in [6, 6.07) is 0. The van der Waals surface area contributed by atoms with Crippen LogP contribution in [0.1, 0.15) is 20.3 Å². The van der Waals surface area contributed by atoms with Gasteiger partial charge in [-0.1, -0.05) is 11.6 Å². The quantitative estimate of drug-likeness (QED) is 0.790. The Balaban J connectivity index is 1.81. The predicted molar refractivity (Wildman–Crippen MR) is 84.1 cm³/mol. The van der Waals surface area contributed by atoms with E-state index < -0.39 is 5.54 Å². The van der Waals surface area contributed by atoms with Crippen LogP contribution in [-0.4, -0.2) is 32.0 Å². The maximum atomic E-state index is 12.2. The molecule has 0 fully saturated rings. The zero-order valence-corrected chi connectivity index (χ0v) is 14.2. The molecule has 0 aliphatic heterocycles. The van der Waals surface area contributed by atoms with Gasteiger partial charge in [0.2, 0.25) is 5.91 Å². The molecule has 0 unspecified atom stereocenters. The van der Waals surface area contributed by atoms with Crippen molar-refractivity contribution in [1.29, 1.82) is 0 Å². The molecule has 21 heavy (non-hydrogen) atoms. The van der Waals surface area contributed by atoms with Crippen LogP contribution in [0.5, 0.6) is 0 Å². The molecular weight excluding hydrogens is 358 g/mol. The van der Waals surface area contributed by atoms with Gasteiger partial charge < -0.3 is 5.32 Å². The Kier molecular flexibility index (Phi) is 5.05. The van der Waals surface area contributed by atoms with Gasteiger partial charge in [-0.25, -0.2) is 0 Å². The number of nitrogens with one attached hydrogen (secondary N) is 1. The average molecular weight is 375 g/mol. The van der Waals surface area contributed by atoms with Gasteiger partial charge in [0.15, 0.2) is 0 Å². The number of amides is 1. The lowest BCUT2D eigenvalue weighted by Gasteiger charge is -2.24. The number of carbonyl (C=O) groups excluding carboxylic acids is 1. The molecule has 0 radical (unpaired) electrons. The number of hydrogen-bond donors (Lipinski definition) is 1. The van der Waals surface area contributed by atoms with Gasteiger partial charge in [0, 0.05) is 25.5 Å². The summed E-state index contributed by atoms with van der Waals surface area (Å²) in [6.45, 7) is 4.93. The van der Waals surface area contributed by atoms with E-state index in [0.717, 1.165) is 17.4 Å². The number of carbonyl (C=O) groups is 1. The van der Waals surface area contributed by atoms with Gasteiger partial charge in [-0.15, -0.1) is 0 Å². The molecule has 0 spiro atoms. The molecule has 0 saturated carbocycles. The molecule has 6 nitrogen and oxygen atoms in total. The summed E-state index contributed by atoms with van der Waals surface area (Å²) in [4.78, 5) is 12.2. The van der Waals surface area contributed by atoms with E-state index in [-0.39, 0.29) is 5.91 Å². The smallest absolute Gasteiger partial charge is 0.247 e. The molecule has 0 atom stereocenters. The lowest BCUT2D eigenvalue weighted by molar-refractivity contribution is -0.128. The Morgan fingerprint density at radius 3 is 2.71 bits per heavy atom. The first-order valence-electron chi connectivity index (χ1n) is 6.56. The Bertz CT molecular complexity index is 622. The predicted octanol–water partition coefficient (Wildman–Crippen LogP) is 2.44. The van der Waals surface area contributed by atoms with Gasteiger partial charge in [0.05, 0.1) is 21.9 Å². The zero-order chi connectivity index (χ0) is 15.5. The van der Waals surface area contributed by atoms with Crippen LogP contribution in [0.4, 0.5) is 0 Å². The van der Waals surface area contributed by atoms with E-state index in [9.17, 15) is 4.79 Å². The van der Waals surface area contributed by atoms with Crippen LogP contribution in [0.15, 0.2) is 29.3 Å². The summed E-state index contributed by atoms with van der Waals surface area (Å²) in [5.41, 5.74) is -0.776. The van der Waals surface area contributed by atoms with Crippen LogP contribution in [0.2, 0.25) is 5.02 Å². The standard InChI is InChI=1S/C13H17BrClN5O/c1-13(2,20-9-11(15)7-18-20)12(21)16-4-3-5-19-8-10(14)6-17-19/h6-9H,3-5H2,1-2H3,(H,16,21). The Morgan fingerprint density at radius 2 is 2.14 bits per heavy atom. The van der Waals surface area contributed by atoms with Crippen LogP contribution in [-0.2, 0) is 16.9 Å². The van der Waals surface area contributed by atoms with Crippen LogP contribution in [0.3, 0.4) is 0 Å². The topological polar surface area (TPSA) is 64.7 Å². The number of nitrogens with zero attached hydrogens (tertiary/aromatic N) is 4. The Hall–Kier alpha value is -1.34. The highest BCUT2D eigenvalue weighted by Crippen LogP contribution is 2.17. The number of rotatable bonds is 6. The van der Waals surface area contributed by atoms with Gasteiger partial charge >= 0.3 is 0 Å². The second-order valence-corrected chi connectivity index (χ2v) is 6.55. The molecular formula is C13H17BrClN5O. The molecule has 0 aliphatic rings. The second-order valence-electron chi connectivity index (χ2n) is 5.19. The third-order valence-electron chi connectivity index (χ3n) is 3.13. The number of aryl methyl sites for hydroxylation is 1. The van der Waals surface area contributed by atoms with Gasteiger partial charge in [0.1, 0.15) is 5.54 Å². The minimum Gasteiger partial charge on any atom is -0.354 e. The van der Waals surface area contributed by atoms with Crippen LogP contribution < -0.4 is 5.32 Å². The van der Waals surface area contributed by atoms with E-state index in [0.29, 0.717) is 11.6 Å². The summed E-state index contributed by atoms with van der Waals surface area (Å²) in [5, 5.41) is 11.7. The molecule has 2 aromatic rings. The maximum Gasteiger partial charge on any atom is 0.247 e. The third-order valence-corrected chi connectivity index (χ3v) is 3.74. The van der Waals surface area contributed by atoms with E-state index >= 15 is 0 Å². The molecule has 2 aromatic heterocycles. The lowest BCUT2D eigenvalue weighted by Crippen LogP contribution is -2.45. The first kappa shape index (κ1) is 16.0. The van der Waals surface area contributed by atoms with E-state index in [1.54, 1.807) is 30.9 Å². The molecule has 0 saturated heterocycles. The van der Waals surface area contributed by atoms with Crippen molar-refractivity contribution in [2.75, 3.05) is 6.54 Å². The maximum absolute atomic E-state index is 12.2. The van der Waals surface area contributed by atoms with Crippen molar-refractivity contribution in [2.24, 2.45) is 0 Å². The molecule has 1 amide bonds. The summed E-state index contributed by atoms with van der Waals surface area (Å²) in [7, 11) is 0. The average Bonchev–Trinajstić information content (AvgIpc) is 3.03. The zero-order valence-electron chi connectivity index (χ0n) is 11.9.